The highest BCUT2D eigenvalue weighted by Gasteiger charge is 2.05. The van der Waals surface area contributed by atoms with E-state index in [4.69, 9.17) is 9.84 Å². The average molecular weight is 251 g/mol. The van der Waals surface area contributed by atoms with Gasteiger partial charge in [0.1, 0.15) is 5.75 Å². The van der Waals surface area contributed by atoms with Crippen molar-refractivity contribution in [3.63, 3.8) is 0 Å². The second-order valence-electron chi connectivity index (χ2n) is 4.06. The van der Waals surface area contributed by atoms with Gasteiger partial charge in [-0.05, 0) is 37.5 Å². The van der Waals surface area contributed by atoms with Crippen LogP contribution in [0.3, 0.4) is 0 Å². The Morgan fingerprint density at radius 1 is 1.39 bits per heavy atom. The molecule has 0 radical (unpaired) electrons. The molecular weight excluding hydrogens is 230 g/mol. The average Bonchev–Trinajstić information content (AvgIpc) is 2.41. The van der Waals surface area contributed by atoms with Crippen molar-refractivity contribution in [2.75, 3.05) is 19.8 Å². The number of unbranched alkanes of at least 4 members (excludes halogenated alkanes) is 1. The number of nitrogens with one attached hydrogen (secondary N) is 1. The molecule has 100 valence electrons. The highest BCUT2D eigenvalue weighted by molar-refractivity contribution is 5.94. The van der Waals surface area contributed by atoms with Crippen LogP contribution in [0, 0.1) is 0 Å². The fourth-order valence-corrected chi connectivity index (χ4v) is 1.49. The maximum absolute atomic E-state index is 11.8. The number of carbonyl (C=O) groups excluding carboxylic acids is 1. The minimum atomic E-state index is -0.102. The Morgan fingerprint density at radius 3 is 2.94 bits per heavy atom. The highest BCUT2D eigenvalue weighted by Crippen LogP contribution is 2.13. The van der Waals surface area contributed by atoms with Crippen LogP contribution in [0.4, 0.5) is 0 Å². The summed E-state index contributed by atoms with van der Waals surface area (Å²) in [5, 5.41) is 11.4. The molecule has 0 saturated heterocycles. The highest BCUT2D eigenvalue weighted by atomic mass is 16.5. The summed E-state index contributed by atoms with van der Waals surface area (Å²) >= 11 is 0. The third-order valence-corrected chi connectivity index (χ3v) is 2.44. The smallest absolute Gasteiger partial charge is 0.251 e. The third kappa shape index (κ3) is 5.19. The molecule has 0 heterocycles. The first-order valence-electron chi connectivity index (χ1n) is 6.40. The van der Waals surface area contributed by atoms with Crippen molar-refractivity contribution in [1.82, 2.24) is 5.32 Å². The number of aliphatic hydroxyl groups is 1. The predicted molar refractivity (Wildman–Crippen MR) is 70.9 cm³/mol. The molecule has 1 rings (SSSR count). The number of rotatable bonds is 8. The number of aliphatic hydroxyl groups excluding tert-OH is 1. The molecule has 0 aliphatic heterocycles. The summed E-state index contributed by atoms with van der Waals surface area (Å²) in [7, 11) is 0. The molecule has 1 amide bonds. The number of benzene rings is 1. The van der Waals surface area contributed by atoms with Gasteiger partial charge in [-0.15, -0.1) is 0 Å². The molecule has 0 unspecified atom stereocenters. The standard InChI is InChI=1S/C14H21NO3/c1-2-10-18-13-7-5-6-12(11-13)14(17)15-8-3-4-9-16/h5-7,11,16H,2-4,8-10H2,1H3,(H,15,17). The Balaban J connectivity index is 2.46. The zero-order valence-electron chi connectivity index (χ0n) is 10.8. The van der Waals surface area contributed by atoms with Crippen LogP contribution >= 0.6 is 0 Å². The van der Waals surface area contributed by atoms with Crippen molar-refractivity contribution in [2.24, 2.45) is 0 Å². The van der Waals surface area contributed by atoms with Crippen molar-refractivity contribution in [3.8, 4) is 5.75 Å². The topological polar surface area (TPSA) is 58.6 Å². The molecule has 18 heavy (non-hydrogen) atoms. The molecule has 0 aliphatic rings. The summed E-state index contributed by atoms with van der Waals surface area (Å²) in [6, 6.07) is 7.17. The van der Waals surface area contributed by atoms with Crippen molar-refractivity contribution in [3.05, 3.63) is 29.8 Å². The summed E-state index contributed by atoms with van der Waals surface area (Å²) in [5.74, 6) is 0.620. The fourth-order valence-electron chi connectivity index (χ4n) is 1.49. The van der Waals surface area contributed by atoms with Gasteiger partial charge in [0.25, 0.3) is 5.91 Å². The number of carbonyl (C=O) groups is 1. The molecular formula is C14H21NO3. The van der Waals surface area contributed by atoms with Crippen LogP contribution in [-0.4, -0.2) is 30.8 Å². The number of ether oxygens (including phenoxy) is 1. The summed E-state index contributed by atoms with van der Waals surface area (Å²) in [6.07, 6.45) is 2.44. The lowest BCUT2D eigenvalue weighted by molar-refractivity contribution is 0.0951. The Morgan fingerprint density at radius 2 is 2.22 bits per heavy atom. The van der Waals surface area contributed by atoms with E-state index >= 15 is 0 Å². The van der Waals surface area contributed by atoms with E-state index < -0.39 is 0 Å². The lowest BCUT2D eigenvalue weighted by Crippen LogP contribution is -2.24. The Bertz CT molecular complexity index is 366. The minimum absolute atomic E-state index is 0.102. The van der Waals surface area contributed by atoms with Crippen LogP contribution in [0.2, 0.25) is 0 Å². The summed E-state index contributed by atoms with van der Waals surface area (Å²) < 4.78 is 5.48. The number of amides is 1. The van der Waals surface area contributed by atoms with E-state index in [-0.39, 0.29) is 12.5 Å². The van der Waals surface area contributed by atoms with E-state index in [1.807, 2.05) is 19.1 Å². The maximum Gasteiger partial charge on any atom is 0.251 e. The normalized spacial score (nSPS) is 10.1. The Hall–Kier alpha value is -1.55. The van der Waals surface area contributed by atoms with E-state index in [0.29, 0.717) is 25.1 Å². The van der Waals surface area contributed by atoms with E-state index in [0.717, 1.165) is 18.6 Å². The lowest BCUT2D eigenvalue weighted by atomic mass is 10.2. The largest absolute Gasteiger partial charge is 0.494 e. The molecule has 0 bridgehead atoms. The van der Waals surface area contributed by atoms with Gasteiger partial charge in [0.2, 0.25) is 0 Å². The summed E-state index contributed by atoms with van der Waals surface area (Å²) in [5.41, 5.74) is 0.604. The second-order valence-corrected chi connectivity index (χ2v) is 4.06. The van der Waals surface area contributed by atoms with E-state index in [9.17, 15) is 4.79 Å². The quantitative estimate of drug-likeness (QED) is 0.695. The number of hydrogen-bond acceptors (Lipinski definition) is 3. The van der Waals surface area contributed by atoms with Crippen molar-refractivity contribution < 1.29 is 14.6 Å². The van der Waals surface area contributed by atoms with Crippen molar-refractivity contribution in [1.29, 1.82) is 0 Å². The van der Waals surface area contributed by atoms with Gasteiger partial charge in [0.15, 0.2) is 0 Å². The van der Waals surface area contributed by atoms with Crippen LogP contribution in [0.15, 0.2) is 24.3 Å². The molecule has 2 N–H and O–H groups in total. The monoisotopic (exact) mass is 251 g/mol. The van der Waals surface area contributed by atoms with Gasteiger partial charge in [-0.2, -0.15) is 0 Å². The number of hydrogen-bond donors (Lipinski definition) is 2. The Labute approximate surface area is 108 Å². The van der Waals surface area contributed by atoms with Crippen LogP contribution in [0.5, 0.6) is 5.75 Å². The predicted octanol–water partition coefficient (Wildman–Crippen LogP) is 1.98. The maximum atomic E-state index is 11.8. The molecule has 1 aromatic rings. The first-order chi connectivity index (χ1) is 8.77. The molecule has 0 aromatic heterocycles. The van der Waals surface area contributed by atoms with E-state index in [1.54, 1.807) is 12.1 Å². The van der Waals surface area contributed by atoms with Gasteiger partial charge in [-0.25, -0.2) is 0 Å². The SMILES string of the molecule is CCCOc1cccc(C(=O)NCCCCO)c1. The van der Waals surface area contributed by atoms with Gasteiger partial charge in [-0.1, -0.05) is 13.0 Å². The third-order valence-electron chi connectivity index (χ3n) is 2.44. The lowest BCUT2D eigenvalue weighted by Gasteiger charge is -2.07. The molecule has 0 aliphatic carbocycles. The molecule has 0 spiro atoms. The van der Waals surface area contributed by atoms with Crippen LogP contribution in [0.25, 0.3) is 0 Å². The van der Waals surface area contributed by atoms with Crippen molar-refractivity contribution >= 4 is 5.91 Å². The summed E-state index contributed by atoms with van der Waals surface area (Å²) in [6.45, 7) is 3.44. The van der Waals surface area contributed by atoms with Crippen LogP contribution < -0.4 is 10.1 Å². The van der Waals surface area contributed by atoms with Gasteiger partial charge in [0, 0.05) is 18.7 Å². The van der Waals surface area contributed by atoms with Gasteiger partial charge in [-0.3, -0.25) is 4.79 Å². The molecule has 4 heteroatoms. The molecule has 0 saturated carbocycles. The zero-order chi connectivity index (χ0) is 13.2. The fraction of sp³-hybridized carbons (Fsp3) is 0.500. The minimum Gasteiger partial charge on any atom is -0.494 e. The van der Waals surface area contributed by atoms with E-state index in [2.05, 4.69) is 5.32 Å². The molecule has 1 aromatic carbocycles. The first kappa shape index (κ1) is 14.5. The Kier molecular flexibility index (Phi) is 6.87. The van der Waals surface area contributed by atoms with Gasteiger partial charge in [0.05, 0.1) is 6.61 Å². The zero-order valence-corrected chi connectivity index (χ0v) is 10.8. The van der Waals surface area contributed by atoms with Crippen molar-refractivity contribution in [2.45, 2.75) is 26.2 Å². The summed E-state index contributed by atoms with van der Waals surface area (Å²) in [4.78, 5) is 11.8. The van der Waals surface area contributed by atoms with Gasteiger partial charge < -0.3 is 15.2 Å². The first-order valence-corrected chi connectivity index (χ1v) is 6.40. The second kappa shape index (κ2) is 8.53. The molecule has 4 nitrogen and oxygen atoms in total. The van der Waals surface area contributed by atoms with Crippen LogP contribution in [-0.2, 0) is 0 Å². The van der Waals surface area contributed by atoms with E-state index in [1.165, 1.54) is 0 Å². The molecule has 0 fully saturated rings. The van der Waals surface area contributed by atoms with Crippen LogP contribution in [0.1, 0.15) is 36.5 Å². The molecule has 0 atom stereocenters. The van der Waals surface area contributed by atoms with Gasteiger partial charge >= 0.3 is 0 Å².